The third-order valence-corrected chi connectivity index (χ3v) is 14.8. The van der Waals surface area contributed by atoms with Gasteiger partial charge in [0.1, 0.15) is 0 Å². The van der Waals surface area contributed by atoms with Crippen molar-refractivity contribution in [2.24, 2.45) is 17.8 Å². The zero-order chi connectivity index (χ0) is 35.1. The largest absolute Gasteiger partial charge is 0.310 e. The summed E-state index contributed by atoms with van der Waals surface area (Å²) in [4.78, 5) is 2.59. The summed E-state index contributed by atoms with van der Waals surface area (Å²) in [6, 6.07) is 54.0. The molecule has 6 aromatic rings. The van der Waals surface area contributed by atoms with Crippen LogP contribution < -0.4 is 4.90 Å². The number of fused-ring (bicyclic) bond motifs is 13. The molecule has 3 saturated carbocycles. The lowest BCUT2D eigenvalue weighted by Crippen LogP contribution is -2.48. The first kappa shape index (κ1) is 31.6. The zero-order valence-corrected chi connectivity index (χ0v) is 31.0. The van der Waals surface area contributed by atoms with Gasteiger partial charge in [-0.25, -0.2) is 0 Å². The molecule has 4 unspecified atom stereocenters. The van der Waals surface area contributed by atoms with Gasteiger partial charge in [-0.2, -0.15) is 0 Å². The van der Waals surface area contributed by atoms with E-state index in [4.69, 9.17) is 0 Å². The van der Waals surface area contributed by atoms with Crippen molar-refractivity contribution in [1.29, 1.82) is 0 Å². The molecule has 4 atom stereocenters. The summed E-state index contributed by atoms with van der Waals surface area (Å²) in [6.07, 6.45) is 13.2. The van der Waals surface area contributed by atoms with Crippen LogP contribution in [0.4, 0.5) is 17.1 Å². The molecule has 53 heavy (non-hydrogen) atoms. The summed E-state index contributed by atoms with van der Waals surface area (Å²) < 4.78 is 0. The van der Waals surface area contributed by atoms with Crippen LogP contribution in [0.3, 0.4) is 0 Å². The van der Waals surface area contributed by atoms with Crippen LogP contribution in [-0.2, 0) is 10.8 Å². The first-order valence-corrected chi connectivity index (χ1v) is 20.6. The monoisotopic (exact) mass is 687 g/mol. The van der Waals surface area contributed by atoms with Gasteiger partial charge >= 0.3 is 0 Å². The first-order chi connectivity index (χ1) is 26.2. The molecule has 2 bridgehead atoms. The molecule has 2 spiro atoms. The minimum Gasteiger partial charge on any atom is -0.310 e. The third kappa shape index (κ3) is 4.49. The fourth-order valence-electron chi connectivity index (χ4n) is 12.7. The molecule has 5 aliphatic carbocycles. The molecule has 3 fully saturated rings. The Morgan fingerprint density at radius 2 is 1.09 bits per heavy atom. The maximum absolute atomic E-state index is 2.66. The molecule has 11 rings (SSSR count). The van der Waals surface area contributed by atoms with Gasteiger partial charge in [0.05, 0.1) is 0 Å². The Hall–Kier alpha value is -4.88. The van der Waals surface area contributed by atoms with Crippen molar-refractivity contribution < 1.29 is 0 Å². The van der Waals surface area contributed by atoms with E-state index in [1.807, 2.05) is 0 Å². The summed E-state index contributed by atoms with van der Waals surface area (Å²) in [5.74, 6) is 2.27. The van der Waals surface area contributed by atoms with Crippen molar-refractivity contribution in [3.05, 3.63) is 162 Å². The molecule has 6 aromatic carbocycles. The summed E-state index contributed by atoms with van der Waals surface area (Å²) in [6.45, 7) is 2.47. The number of nitrogens with zero attached hydrogens (tertiary/aromatic N) is 1. The van der Waals surface area contributed by atoms with E-state index in [1.54, 1.807) is 16.7 Å². The van der Waals surface area contributed by atoms with Crippen LogP contribution in [0.5, 0.6) is 0 Å². The molecular weight excluding hydrogens is 639 g/mol. The Balaban J connectivity index is 1.11. The second-order valence-corrected chi connectivity index (χ2v) is 17.0. The Morgan fingerprint density at radius 1 is 0.509 bits per heavy atom. The quantitative estimate of drug-likeness (QED) is 0.174. The van der Waals surface area contributed by atoms with Gasteiger partial charge in [-0.05, 0) is 142 Å². The van der Waals surface area contributed by atoms with Crippen LogP contribution in [0.1, 0.15) is 93.4 Å². The molecule has 262 valence electrons. The predicted molar refractivity (Wildman–Crippen MR) is 221 cm³/mol. The third-order valence-electron chi connectivity index (χ3n) is 14.8. The van der Waals surface area contributed by atoms with E-state index in [9.17, 15) is 0 Å². The highest BCUT2D eigenvalue weighted by Gasteiger charge is 2.56. The van der Waals surface area contributed by atoms with E-state index < -0.39 is 0 Å². The molecule has 0 radical (unpaired) electrons. The van der Waals surface area contributed by atoms with Gasteiger partial charge in [0, 0.05) is 27.9 Å². The molecule has 0 aromatic heterocycles. The summed E-state index contributed by atoms with van der Waals surface area (Å²) in [5.41, 5.74) is 18.6. The van der Waals surface area contributed by atoms with Gasteiger partial charge in [-0.15, -0.1) is 0 Å². The summed E-state index contributed by atoms with van der Waals surface area (Å²) in [5, 5.41) is 0. The lowest BCUT2D eigenvalue weighted by atomic mass is 9.50. The number of anilines is 3. The molecule has 0 aliphatic heterocycles. The van der Waals surface area contributed by atoms with E-state index >= 15 is 0 Å². The summed E-state index contributed by atoms with van der Waals surface area (Å²) >= 11 is 0. The van der Waals surface area contributed by atoms with Crippen LogP contribution in [0.15, 0.2) is 140 Å². The van der Waals surface area contributed by atoms with Crippen LogP contribution in [0.25, 0.3) is 33.4 Å². The smallest absolute Gasteiger partial charge is 0.0465 e. The van der Waals surface area contributed by atoms with Crippen LogP contribution >= 0.6 is 0 Å². The Kier molecular flexibility index (Phi) is 7.20. The van der Waals surface area contributed by atoms with Crippen molar-refractivity contribution in [1.82, 2.24) is 0 Å². The average molecular weight is 688 g/mol. The Morgan fingerprint density at radius 3 is 1.83 bits per heavy atom. The van der Waals surface area contributed by atoms with E-state index in [-0.39, 0.29) is 10.8 Å². The molecule has 5 aliphatic rings. The standard InChI is InChI=1S/C52H49N/c1-2-38-31-35-13-12-16-39(32-35)52(38)48-20-9-7-18-44(48)46-28-26-42(34-50(46)52)53(40-23-21-37(22-24-40)36-14-4-3-5-15-36)41-25-27-45-43-17-6-8-19-47(43)51(49(45)33-41)29-10-11-30-51/h3-9,14-15,17-28,33-35,38-39H,2,10-13,16,29-32H2,1H3. The van der Waals surface area contributed by atoms with E-state index in [1.165, 1.54) is 120 Å². The Labute approximate surface area is 315 Å². The van der Waals surface area contributed by atoms with Gasteiger partial charge in [-0.3, -0.25) is 0 Å². The number of hydrogen-bond donors (Lipinski definition) is 0. The van der Waals surface area contributed by atoms with E-state index in [2.05, 4.69) is 151 Å². The van der Waals surface area contributed by atoms with Crippen LogP contribution in [0.2, 0.25) is 0 Å². The zero-order valence-electron chi connectivity index (χ0n) is 31.0. The van der Waals surface area contributed by atoms with Crippen molar-refractivity contribution in [2.45, 2.75) is 82.0 Å². The lowest BCUT2D eigenvalue weighted by Gasteiger charge is -2.54. The van der Waals surface area contributed by atoms with Crippen LogP contribution in [0, 0.1) is 17.8 Å². The summed E-state index contributed by atoms with van der Waals surface area (Å²) in [7, 11) is 0. The van der Waals surface area contributed by atoms with Gasteiger partial charge < -0.3 is 4.90 Å². The average Bonchev–Trinajstić information content (AvgIpc) is 3.90. The molecule has 0 amide bonds. The highest BCUT2D eigenvalue weighted by molar-refractivity contribution is 5.89. The van der Waals surface area contributed by atoms with Crippen molar-refractivity contribution in [3.63, 3.8) is 0 Å². The number of benzene rings is 6. The predicted octanol–water partition coefficient (Wildman–Crippen LogP) is 14.2. The molecular formula is C52H49N. The highest BCUT2D eigenvalue weighted by Crippen LogP contribution is 2.65. The molecule has 0 N–H and O–H groups in total. The maximum Gasteiger partial charge on any atom is 0.0465 e. The second-order valence-electron chi connectivity index (χ2n) is 17.0. The minimum atomic E-state index is 0.0872. The molecule has 1 nitrogen and oxygen atoms in total. The lowest BCUT2D eigenvalue weighted by molar-refractivity contribution is 0.0557. The molecule has 0 heterocycles. The van der Waals surface area contributed by atoms with Crippen molar-refractivity contribution >= 4 is 17.1 Å². The van der Waals surface area contributed by atoms with E-state index in [0.29, 0.717) is 11.8 Å². The highest BCUT2D eigenvalue weighted by atomic mass is 15.1. The van der Waals surface area contributed by atoms with Gasteiger partial charge in [0.15, 0.2) is 0 Å². The van der Waals surface area contributed by atoms with Gasteiger partial charge in [0.25, 0.3) is 0 Å². The first-order valence-electron chi connectivity index (χ1n) is 20.6. The number of rotatable bonds is 5. The molecule has 0 saturated heterocycles. The normalized spacial score (nSPS) is 24.1. The fourth-order valence-corrected chi connectivity index (χ4v) is 12.7. The Bertz CT molecular complexity index is 2340. The minimum absolute atomic E-state index is 0.0872. The van der Waals surface area contributed by atoms with Crippen molar-refractivity contribution in [2.75, 3.05) is 4.90 Å². The SMILES string of the molecule is CCC1CC2CCCC(C2)C12c1ccccc1-c1ccc(N(c3ccc(-c4ccccc4)cc3)c3ccc4c(c3)C3(CCCC3)c3ccccc3-4)cc12. The second kappa shape index (κ2) is 12.1. The van der Waals surface area contributed by atoms with Gasteiger partial charge in [0.2, 0.25) is 0 Å². The molecule has 1 heteroatoms. The fraction of sp³-hybridized carbons (Fsp3) is 0.308. The number of hydrogen-bond acceptors (Lipinski definition) is 1. The maximum atomic E-state index is 2.66. The topological polar surface area (TPSA) is 3.24 Å². The van der Waals surface area contributed by atoms with E-state index in [0.717, 1.165) is 5.92 Å². The van der Waals surface area contributed by atoms with Gasteiger partial charge in [-0.1, -0.05) is 142 Å². The van der Waals surface area contributed by atoms with Crippen molar-refractivity contribution in [3.8, 4) is 33.4 Å². The van der Waals surface area contributed by atoms with Crippen LogP contribution in [-0.4, -0.2) is 0 Å².